The Balaban J connectivity index is 1.45. The second-order valence-electron chi connectivity index (χ2n) is 6.33. The van der Waals surface area contributed by atoms with Gasteiger partial charge in [-0.25, -0.2) is 0 Å². The molecular formula is C23H17N3OS. The molecule has 0 unspecified atom stereocenters. The zero-order chi connectivity index (χ0) is 19.3. The highest BCUT2D eigenvalue weighted by atomic mass is 32.2. The summed E-state index contributed by atoms with van der Waals surface area (Å²) in [5.74, 6) is 1.28. The highest BCUT2D eigenvalue weighted by molar-refractivity contribution is 7.98. The summed E-state index contributed by atoms with van der Waals surface area (Å²) >= 11 is 1.51. The molecule has 0 aliphatic heterocycles. The van der Waals surface area contributed by atoms with Gasteiger partial charge in [-0.2, -0.15) is 5.26 Å². The molecule has 4 aromatic rings. The first kappa shape index (κ1) is 18.0. The molecule has 0 spiro atoms. The largest absolute Gasteiger partial charge is 0.411 e. The Bertz CT molecular complexity index is 1140. The van der Waals surface area contributed by atoms with Gasteiger partial charge in [0.05, 0.1) is 11.6 Å². The number of hydrogen-bond acceptors (Lipinski definition) is 5. The molecule has 0 saturated heterocycles. The summed E-state index contributed by atoms with van der Waals surface area (Å²) in [6, 6.07) is 26.0. The number of thioether (sulfide) groups is 1. The van der Waals surface area contributed by atoms with Crippen LogP contribution in [-0.4, -0.2) is 10.2 Å². The summed E-state index contributed by atoms with van der Waals surface area (Å²) in [6.45, 7) is 2.03. The number of nitriles is 1. The zero-order valence-electron chi connectivity index (χ0n) is 15.3. The fourth-order valence-corrected chi connectivity index (χ4v) is 3.67. The van der Waals surface area contributed by atoms with Gasteiger partial charge in [0.15, 0.2) is 0 Å². The third-order valence-electron chi connectivity index (χ3n) is 4.46. The van der Waals surface area contributed by atoms with Crippen LogP contribution in [0.5, 0.6) is 0 Å². The van der Waals surface area contributed by atoms with Crippen molar-refractivity contribution in [2.24, 2.45) is 0 Å². The number of nitrogens with zero attached hydrogens (tertiary/aromatic N) is 3. The van der Waals surface area contributed by atoms with Gasteiger partial charge in [0.1, 0.15) is 0 Å². The van der Waals surface area contributed by atoms with E-state index in [-0.39, 0.29) is 0 Å². The lowest BCUT2D eigenvalue weighted by molar-refractivity contribution is 0.465. The molecule has 0 radical (unpaired) electrons. The van der Waals surface area contributed by atoms with Gasteiger partial charge in [-0.3, -0.25) is 0 Å². The Morgan fingerprint density at radius 2 is 1.61 bits per heavy atom. The maximum Gasteiger partial charge on any atom is 0.277 e. The minimum absolute atomic E-state index is 0.545. The molecule has 0 amide bonds. The average molecular weight is 383 g/mol. The van der Waals surface area contributed by atoms with Gasteiger partial charge >= 0.3 is 0 Å². The van der Waals surface area contributed by atoms with E-state index in [0.29, 0.717) is 16.7 Å². The van der Waals surface area contributed by atoms with Gasteiger partial charge in [-0.15, -0.1) is 10.2 Å². The summed E-state index contributed by atoms with van der Waals surface area (Å²) in [4.78, 5) is 0. The molecule has 0 atom stereocenters. The number of aryl methyl sites for hydroxylation is 1. The van der Waals surface area contributed by atoms with E-state index in [1.165, 1.54) is 11.8 Å². The first-order valence-electron chi connectivity index (χ1n) is 8.85. The molecule has 3 aromatic carbocycles. The fraction of sp³-hybridized carbons (Fsp3) is 0.0870. The van der Waals surface area contributed by atoms with Crippen molar-refractivity contribution in [3.05, 3.63) is 89.5 Å². The van der Waals surface area contributed by atoms with Crippen LogP contribution in [0.3, 0.4) is 0 Å². The van der Waals surface area contributed by atoms with Crippen LogP contribution >= 0.6 is 11.8 Å². The smallest absolute Gasteiger partial charge is 0.277 e. The topological polar surface area (TPSA) is 62.7 Å². The van der Waals surface area contributed by atoms with Crippen molar-refractivity contribution in [3.8, 4) is 28.7 Å². The average Bonchev–Trinajstić information content (AvgIpc) is 3.22. The molecule has 0 aliphatic carbocycles. The minimum Gasteiger partial charge on any atom is -0.411 e. The Labute approximate surface area is 167 Å². The van der Waals surface area contributed by atoms with Gasteiger partial charge in [0.25, 0.3) is 5.22 Å². The number of rotatable bonds is 5. The summed E-state index contributed by atoms with van der Waals surface area (Å²) in [5, 5.41) is 18.1. The predicted molar refractivity (Wildman–Crippen MR) is 111 cm³/mol. The van der Waals surface area contributed by atoms with E-state index in [4.69, 9.17) is 4.42 Å². The van der Waals surface area contributed by atoms with Crippen molar-refractivity contribution in [2.75, 3.05) is 0 Å². The molecule has 0 bridgehead atoms. The predicted octanol–water partition coefficient (Wildman–Crippen LogP) is 5.88. The minimum atomic E-state index is 0.545. The first-order chi connectivity index (χ1) is 13.7. The molecule has 4 rings (SSSR count). The van der Waals surface area contributed by atoms with Gasteiger partial charge in [-0.05, 0) is 41.3 Å². The summed E-state index contributed by atoms with van der Waals surface area (Å²) in [7, 11) is 0. The third-order valence-corrected chi connectivity index (χ3v) is 5.35. The maximum absolute atomic E-state index is 9.27. The van der Waals surface area contributed by atoms with Crippen molar-refractivity contribution in [3.63, 3.8) is 0 Å². The van der Waals surface area contributed by atoms with Gasteiger partial charge in [0.2, 0.25) is 5.89 Å². The van der Waals surface area contributed by atoms with Gasteiger partial charge in [0, 0.05) is 11.3 Å². The monoisotopic (exact) mass is 383 g/mol. The molecule has 5 heteroatoms. The van der Waals surface area contributed by atoms with Crippen LogP contribution in [-0.2, 0) is 5.75 Å². The second-order valence-corrected chi connectivity index (χ2v) is 7.26. The van der Waals surface area contributed by atoms with Crippen molar-refractivity contribution in [1.82, 2.24) is 10.2 Å². The summed E-state index contributed by atoms with van der Waals surface area (Å²) in [6.07, 6.45) is 0. The third kappa shape index (κ3) is 3.83. The zero-order valence-corrected chi connectivity index (χ0v) is 16.1. The van der Waals surface area contributed by atoms with E-state index >= 15 is 0 Å². The van der Waals surface area contributed by atoms with Crippen LogP contribution in [0.4, 0.5) is 0 Å². The van der Waals surface area contributed by atoms with Crippen LogP contribution in [0, 0.1) is 18.3 Å². The quantitative estimate of drug-likeness (QED) is 0.403. The maximum atomic E-state index is 9.27. The van der Waals surface area contributed by atoms with E-state index in [1.54, 1.807) is 0 Å². The van der Waals surface area contributed by atoms with Crippen molar-refractivity contribution in [1.29, 1.82) is 5.26 Å². The molecule has 136 valence electrons. The SMILES string of the molecule is Cc1ccccc1-c1nnc(SCc2ccc(-c3ccccc3C#N)cc2)o1. The van der Waals surface area contributed by atoms with Crippen LogP contribution < -0.4 is 0 Å². The summed E-state index contributed by atoms with van der Waals surface area (Å²) in [5.41, 5.74) is 5.88. The normalized spacial score (nSPS) is 10.6. The lowest BCUT2D eigenvalue weighted by atomic mass is 10.00. The number of benzene rings is 3. The van der Waals surface area contributed by atoms with Crippen LogP contribution in [0.15, 0.2) is 82.4 Å². The number of aromatic nitrogens is 2. The molecule has 1 aromatic heterocycles. The summed E-state index contributed by atoms with van der Waals surface area (Å²) < 4.78 is 5.80. The van der Waals surface area contributed by atoms with Crippen LogP contribution in [0.25, 0.3) is 22.6 Å². The molecular weight excluding hydrogens is 366 g/mol. The van der Waals surface area contributed by atoms with Gasteiger partial charge in [-0.1, -0.05) is 72.4 Å². The Hall–Kier alpha value is -3.36. The van der Waals surface area contributed by atoms with Crippen molar-refractivity contribution >= 4 is 11.8 Å². The Morgan fingerprint density at radius 3 is 2.36 bits per heavy atom. The van der Waals surface area contributed by atoms with E-state index < -0.39 is 0 Å². The van der Waals surface area contributed by atoms with Crippen molar-refractivity contribution < 1.29 is 4.42 Å². The highest BCUT2D eigenvalue weighted by Crippen LogP contribution is 2.29. The van der Waals surface area contributed by atoms with Crippen LogP contribution in [0.2, 0.25) is 0 Å². The Kier molecular flexibility index (Phi) is 5.22. The molecule has 0 fully saturated rings. The molecule has 1 heterocycles. The van der Waals surface area contributed by atoms with E-state index in [1.807, 2.05) is 67.6 Å². The first-order valence-corrected chi connectivity index (χ1v) is 9.84. The fourth-order valence-electron chi connectivity index (χ4n) is 2.95. The van der Waals surface area contributed by atoms with E-state index in [9.17, 15) is 5.26 Å². The number of hydrogen-bond donors (Lipinski definition) is 0. The second kappa shape index (κ2) is 8.12. The molecule has 0 aliphatic rings. The lowest BCUT2D eigenvalue weighted by Crippen LogP contribution is -1.85. The molecule has 4 nitrogen and oxygen atoms in total. The van der Waals surface area contributed by atoms with Crippen molar-refractivity contribution in [2.45, 2.75) is 17.9 Å². The molecule has 28 heavy (non-hydrogen) atoms. The van der Waals surface area contributed by atoms with E-state index in [0.717, 1.165) is 33.6 Å². The molecule has 0 saturated carbocycles. The van der Waals surface area contributed by atoms with Crippen LogP contribution in [0.1, 0.15) is 16.7 Å². The standard InChI is InChI=1S/C23H17N3OS/c1-16-6-2-4-8-20(16)22-25-26-23(27-22)28-15-17-10-12-18(13-11-17)21-9-5-3-7-19(21)14-24/h2-13H,15H2,1H3. The van der Waals surface area contributed by atoms with Gasteiger partial charge < -0.3 is 4.42 Å². The molecule has 0 N–H and O–H groups in total. The van der Waals surface area contributed by atoms with E-state index in [2.05, 4.69) is 28.4 Å². The Morgan fingerprint density at radius 1 is 0.893 bits per heavy atom. The lowest BCUT2D eigenvalue weighted by Gasteiger charge is -2.05. The highest BCUT2D eigenvalue weighted by Gasteiger charge is 2.11.